The number of benzene rings is 2. The molecule has 2 atom stereocenters. The summed E-state index contributed by atoms with van der Waals surface area (Å²) in [5, 5.41) is 9.47. The number of rotatable bonds is 6. The van der Waals surface area contributed by atoms with Crippen molar-refractivity contribution >= 4 is 18.0 Å². The van der Waals surface area contributed by atoms with Gasteiger partial charge in [-0.15, -0.1) is 0 Å². The summed E-state index contributed by atoms with van der Waals surface area (Å²) in [5.74, 6) is -1.62. The summed E-state index contributed by atoms with van der Waals surface area (Å²) in [5.41, 5.74) is 4.52. The molecule has 0 aromatic heterocycles. The highest BCUT2D eigenvalue weighted by molar-refractivity contribution is 5.90. The van der Waals surface area contributed by atoms with E-state index < -0.39 is 24.1 Å². The average Bonchev–Trinajstić information content (AvgIpc) is 3.41. The van der Waals surface area contributed by atoms with Crippen LogP contribution in [-0.4, -0.2) is 65.2 Å². The third-order valence-electron chi connectivity index (χ3n) is 6.75. The van der Waals surface area contributed by atoms with Crippen molar-refractivity contribution in [1.29, 1.82) is 0 Å². The van der Waals surface area contributed by atoms with E-state index in [1.807, 2.05) is 38.1 Å². The van der Waals surface area contributed by atoms with E-state index in [0.717, 1.165) is 22.3 Å². The largest absolute Gasteiger partial charge is 0.480 e. The fraction of sp³-hybridized carbons (Fsp3) is 0.423. The Labute approximate surface area is 193 Å². The van der Waals surface area contributed by atoms with Gasteiger partial charge in [0.2, 0.25) is 5.91 Å². The van der Waals surface area contributed by atoms with Crippen LogP contribution in [-0.2, 0) is 14.3 Å². The molecule has 1 unspecified atom stereocenters. The molecule has 1 N–H and O–H groups in total. The zero-order valence-corrected chi connectivity index (χ0v) is 19.2. The van der Waals surface area contributed by atoms with E-state index in [0.29, 0.717) is 19.4 Å². The molecule has 0 radical (unpaired) electrons. The average molecular weight is 451 g/mol. The van der Waals surface area contributed by atoms with Crippen molar-refractivity contribution in [2.45, 2.75) is 44.7 Å². The SMILES string of the molecule is CC(C)[C@@H](C(=O)N1CCCC1C(=O)O)N(C)C(=O)OCC1c2ccccc2-c2ccccc21. The van der Waals surface area contributed by atoms with E-state index in [1.54, 1.807) is 7.05 Å². The number of nitrogens with zero attached hydrogens (tertiary/aromatic N) is 2. The van der Waals surface area contributed by atoms with Crippen LogP contribution in [0.2, 0.25) is 0 Å². The Hall–Kier alpha value is -3.35. The van der Waals surface area contributed by atoms with Crippen LogP contribution in [0.5, 0.6) is 0 Å². The molecule has 0 saturated carbocycles. The molecule has 2 aromatic rings. The fourth-order valence-corrected chi connectivity index (χ4v) is 5.16. The molecule has 2 aromatic carbocycles. The Kier molecular flexibility index (Phi) is 6.40. The molecule has 1 heterocycles. The Bertz CT molecular complexity index is 1020. The summed E-state index contributed by atoms with van der Waals surface area (Å²) in [7, 11) is 1.55. The number of fused-ring (bicyclic) bond motifs is 3. The van der Waals surface area contributed by atoms with Crippen LogP contribution >= 0.6 is 0 Å². The highest BCUT2D eigenvalue weighted by Crippen LogP contribution is 2.44. The predicted molar refractivity (Wildman–Crippen MR) is 124 cm³/mol. The number of hydrogen-bond donors (Lipinski definition) is 1. The number of aliphatic carboxylic acids is 1. The van der Waals surface area contributed by atoms with Gasteiger partial charge in [-0.1, -0.05) is 62.4 Å². The molecule has 1 saturated heterocycles. The Morgan fingerprint density at radius 1 is 1.06 bits per heavy atom. The van der Waals surface area contributed by atoms with Gasteiger partial charge in [-0.25, -0.2) is 9.59 Å². The zero-order chi connectivity index (χ0) is 23.7. The van der Waals surface area contributed by atoms with Crippen LogP contribution < -0.4 is 0 Å². The number of carboxylic acid groups (broad SMARTS) is 1. The van der Waals surface area contributed by atoms with E-state index in [9.17, 15) is 19.5 Å². The smallest absolute Gasteiger partial charge is 0.410 e. The molecule has 7 nitrogen and oxygen atoms in total. The first-order valence-electron chi connectivity index (χ1n) is 11.4. The Morgan fingerprint density at radius 2 is 1.64 bits per heavy atom. The van der Waals surface area contributed by atoms with Gasteiger partial charge in [-0.3, -0.25) is 9.69 Å². The molecule has 7 heteroatoms. The lowest BCUT2D eigenvalue weighted by molar-refractivity contribution is -0.150. The molecule has 0 spiro atoms. The van der Waals surface area contributed by atoms with Crippen LogP contribution in [0.3, 0.4) is 0 Å². The number of carbonyl (C=O) groups excluding carboxylic acids is 2. The summed E-state index contributed by atoms with van der Waals surface area (Å²) < 4.78 is 5.72. The van der Waals surface area contributed by atoms with Gasteiger partial charge in [-0.05, 0) is 41.0 Å². The third kappa shape index (κ3) is 4.19. The van der Waals surface area contributed by atoms with E-state index in [-0.39, 0.29) is 24.3 Å². The second kappa shape index (κ2) is 9.25. The maximum atomic E-state index is 13.2. The summed E-state index contributed by atoms with van der Waals surface area (Å²) in [4.78, 5) is 40.5. The number of amides is 2. The van der Waals surface area contributed by atoms with Crippen LogP contribution in [0, 0.1) is 5.92 Å². The van der Waals surface area contributed by atoms with Gasteiger partial charge >= 0.3 is 12.1 Å². The molecule has 1 aliphatic heterocycles. The van der Waals surface area contributed by atoms with Crippen LogP contribution in [0.25, 0.3) is 11.1 Å². The number of carbonyl (C=O) groups is 3. The van der Waals surface area contributed by atoms with E-state index in [2.05, 4.69) is 24.3 Å². The Morgan fingerprint density at radius 3 is 2.18 bits per heavy atom. The van der Waals surface area contributed by atoms with Crippen molar-refractivity contribution < 1.29 is 24.2 Å². The first-order chi connectivity index (χ1) is 15.8. The lowest BCUT2D eigenvalue weighted by Crippen LogP contribution is -2.54. The normalized spacial score (nSPS) is 18.1. The lowest BCUT2D eigenvalue weighted by Gasteiger charge is -2.34. The minimum absolute atomic E-state index is 0.0714. The first kappa shape index (κ1) is 22.8. The number of likely N-dealkylation sites (N-methyl/N-ethyl adjacent to an activating group) is 1. The summed E-state index contributed by atoms with van der Waals surface area (Å²) >= 11 is 0. The van der Waals surface area contributed by atoms with Crippen molar-refractivity contribution in [2.75, 3.05) is 20.2 Å². The van der Waals surface area contributed by atoms with Crippen molar-refractivity contribution in [3.05, 3.63) is 59.7 Å². The van der Waals surface area contributed by atoms with Gasteiger partial charge in [0.05, 0.1) is 0 Å². The number of carboxylic acids is 1. The highest BCUT2D eigenvalue weighted by Gasteiger charge is 2.41. The van der Waals surface area contributed by atoms with Gasteiger partial charge in [0.1, 0.15) is 18.7 Å². The molecule has 2 amide bonds. The van der Waals surface area contributed by atoms with Crippen molar-refractivity contribution in [3.8, 4) is 11.1 Å². The van der Waals surface area contributed by atoms with E-state index in [1.165, 1.54) is 9.80 Å². The van der Waals surface area contributed by atoms with Gasteiger partial charge in [0.25, 0.3) is 0 Å². The summed E-state index contributed by atoms with van der Waals surface area (Å²) in [6, 6.07) is 14.6. The standard InChI is InChI=1S/C26H30N2O5/c1-16(2)23(24(29)28-14-8-13-22(28)25(30)31)27(3)26(32)33-15-21-19-11-6-4-9-17(19)18-10-5-7-12-20(18)21/h4-7,9-12,16,21-23H,8,13-15H2,1-3H3,(H,30,31)/t22?,23-/m0/s1. The van der Waals surface area contributed by atoms with E-state index in [4.69, 9.17) is 4.74 Å². The predicted octanol–water partition coefficient (Wildman–Crippen LogP) is 3.97. The molecule has 1 aliphatic carbocycles. The fourth-order valence-electron chi connectivity index (χ4n) is 5.16. The molecule has 174 valence electrons. The second-order valence-electron chi connectivity index (χ2n) is 9.13. The van der Waals surface area contributed by atoms with Crippen LogP contribution in [0.4, 0.5) is 4.79 Å². The van der Waals surface area contributed by atoms with Gasteiger partial charge in [-0.2, -0.15) is 0 Å². The highest BCUT2D eigenvalue weighted by atomic mass is 16.6. The molecule has 2 aliphatic rings. The van der Waals surface area contributed by atoms with Crippen molar-refractivity contribution in [2.24, 2.45) is 5.92 Å². The van der Waals surface area contributed by atoms with Gasteiger partial charge in [0.15, 0.2) is 0 Å². The monoisotopic (exact) mass is 450 g/mol. The van der Waals surface area contributed by atoms with Crippen LogP contribution in [0.15, 0.2) is 48.5 Å². The molecule has 0 bridgehead atoms. The first-order valence-corrected chi connectivity index (χ1v) is 11.4. The Balaban J connectivity index is 1.49. The van der Waals surface area contributed by atoms with Crippen molar-refractivity contribution in [3.63, 3.8) is 0 Å². The van der Waals surface area contributed by atoms with Gasteiger partial charge in [0, 0.05) is 19.5 Å². The van der Waals surface area contributed by atoms with Gasteiger partial charge < -0.3 is 14.7 Å². The number of likely N-dealkylation sites (tertiary alicyclic amines) is 1. The number of ether oxygens (including phenoxy) is 1. The molecule has 4 rings (SSSR count). The molecule has 33 heavy (non-hydrogen) atoms. The minimum Gasteiger partial charge on any atom is -0.480 e. The zero-order valence-electron chi connectivity index (χ0n) is 19.2. The maximum Gasteiger partial charge on any atom is 0.410 e. The molecule has 1 fully saturated rings. The molecular formula is C26H30N2O5. The molecular weight excluding hydrogens is 420 g/mol. The lowest BCUT2D eigenvalue weighted by atomic mass is 9.98. The summed E-state index contributed by atoms with van der Waals surface area (Å²) in [6.07, 6.45) is 0.484. The maximum absolute atomic E-state index is 13.2. The van der Waals surface area contributed by atoms with Crippen molar-refractivity contribution in [1.82, 2.24) is 9.80 Å². The summed E-state index contributed by atoms with van der Waals surface area (Å²) in [6.45, 7) is 4.25. The minimum atomic E-state index is -1.01. The van der Waals surface area contributed by atoms with Crippen LogP contribution in [0.1, 0.15) is 43.7 Å². The quantitative estimate of drug-likeness (QED) is 0.720. The topological polar surface area (TPSA) is 87.2 Å². The number of hydrogen-bond acceptors (Lipinski definition) is 4. The second-order valence-corrected chi connectivity index (χ2v) is 9.13. The van der Waals surface area contributed by atoms with E-state index >= 15 is 0 Å². The third-order valence-corrected chi connectivity index (χ3v) is 6.75.